The molecule has 0 spiro atoms. The predicted octanol–water partition coefficient (Wildman–Crippen LogP) is 3.79. The van der Waals surface area contributed by atoms with Gasteiger partial charge in [-0.2, -0.15) is 0 Å². The van der Waals surface area contributed by atoms with Crippen LogP contribution in [0.1, 0.15) is 24.2 Å². The van der Waals surface area contributed by atoms with Crippen molar-refractivity contribution < 1.29 is 9.59 Å². The lowest BCUT2D eigenvalue weighted by Gasteiger charge is -2.32. The number of anilines is 2. The molecule has 0 saturated carbocycles. The van der Waals surface area contributed by atoms with Crippen LogP contribution in [0.15, 0.2) is 53.4 Å². The summed E-state index contributed by atoms with van der Waals surface area (Å²) in [4.78, 5) is 26.9. The van der Waals surface area contributed by atoms with E-state index in [1.807, 2.05) is 23.1 Å². The number of para-hydroxylation sites is 1. The Labute approximate surface area is 139 Å². The van der Waals surface area contributed by atoms with E-state index in [2.05, 4.69) is 18.3 Å². The molecule has 0 radical (unpaired) electrons. The maximum absolute atomic E-state index is 12.9. The van der Waals surface area contributed by atoms with Crippen molar-refractivity contribution in [3.05, 3.63) is 54.1 Å². The number of carbonyl (C=O) groups is 2. The summed E-state index contributed by atoms with van der Waals surface area (Å²) in [7, 11) is 0. The summed E-state index contributed by atoms with van der Waals surface area (Å²) in [5.74, 6) is -0.140. The van der Waals surface area contributed by atoms with Gasteiger partial charge in [0.05, 0.1) is 5.69 Å². The quantitative estimate of drug-likeness (QED) is 0.913. The molecule has 3 rings (SSSR count). The number of thioether (sulfide) groups is 1. The number of hydrogen-bond donors (Lipinski definition) is 1. The molecule has 4 nitrogen and oxygen atoms in total. The van der Waals surface area contributed by atoms with Gasteiger partial charge in [-0.25, -0.2) is 0 Å². The zero-order valence-electron chi connectivity index (χ0n) is 13.1. The average Bonchev–Trinajstić information content (AvgIpc) is 2.53. The van der Waals surface area contributed by atoms with Crippen LogP contribution >= 0.6 is 11.8 Å². The van der Waals surface area contributed by atoms with Gasteiger partial charge in [-0.1, -0.05) is 19.1 Å². The molecule has 1 heterocycles. The summed E-state index contributed by atoms with van der Waals surface area (Å²) in [6, 6.07) is 15.0. The molecule has 5 heteroatoms. The first kappa shape index (κ1) is 15.6. The van der Waals surface area contributed by atoms with Crippen LogP contribution in [-0.2, 0) is 4.79 Å². The van der Waals surface area contributed by atoms with Crippen molar-refractivity contribution in [1.82, 2.24) is 0 Å². The van der Waals surface area contributed by atoms with Gasteiger partial charge in [0, 0.05) is 34.9 Å². The van der Waals surface area contributed by atoms with Gasteiger partial charge in [0.1, 0.15) is 0 Å². The van der Waals surface area contributed by atoms with Gasteiger partial charge >= 0.3 is 0 Å². The summed E-state index contributed by atoms with van der Waals surface area (Å²) >= 11 is 1.80. The second-order valence-electron chi connectivity index (χ2n) is 5.57. The number of fused-ring (bicyclic) bond motifs is 1. The molecule has 0 fully saturated rings. The standard InChI is InChI=1S/C18H18N2O2S/c1-12-11-20(16-5-3-4-6-17(16)23-12)18(22)14-7-9-15(10-8-14)19-13(2)21/h3-10,12H,11H2,1-2H3,(H,19,21). The van der Waals surface area contributed by atoms with Crippen molar-refractivity contribution in [3.63, 3.8) is 0 Å². The number of rotatable bonds is 2. The summed E-state index contributed by atoms with van der Waals surface area (Å²) in [6.45, 7) is 4.28. The van der Waals surface area contributed by atoms with Gasteiger partial charge < -0.3 is 10.2 Å². The van der Waals surface area contributed by atoms with Crippen molar-refractivity contribution in [3.8, 4) is 0 Å². The molecular weight excluding hydrogens is 308 g/mol. The first-order chi connectivity index (χ1) is 11.0. The highest BCUT2D eigenvalue weighted by atomic mass is 32.2. The highest BCUT2D eigenvalue weighted by Gasteiger charge is 2.27. The van der Waals surface area contributed by atoms with Crippen LogP contribution in [0.3, 0.4) is 0 Å². The van der Waals surface area contributed by atoms with Crippen LogP contribution in [0.4, 0.5) is 11.4 Å². The maximum Gasteiger partial charge on any atom is 0.258 e. The highest BCUT2D eigenvalue weighted by Crippen LogP contribution is 2.38. The summed E-state index contributed by atoms with van der Waals surface area (Å²) in [5.41, 5.74) is 2.27. The third-order valence-electron chi connectivity index (χ3n) is 3.62. The van der Waals surface area contributed by atoms with E-state index in [0.717, 1.165) is 10.6 Å². The van der Waals surface area contributed by atoms with E-state index >= 15 is 0 Å². The van der Waals surface area contributed by atoms with Crippen LogP contribution in [0.25, 0.3) is 0 Å². The van der Waals surface area contributed by atoms with Crippen LogP contribution in [-0.4, -0.2) is 23.6 Å². The molecule has 2 aromatic carbocycles. The summed E-state index contributed by atoms with van der Waals surface area (Å²) < 4.78 is 0. The van der Waals surface area contributed by atoms with Crippen LogP contribution in [0, 0.1) is 0 Å². The Hall–Kier alpha value is -2.27. The molecule has 0 saturated heterocycles. The molecule has 1 unspecified atom stereocenters. The molecule has 1 atom stereocenters. The average molecular weight is 326 g/mol. The largest absolute Gasteiger partial charge is 0.326 e. The molecule has 0 aromatic heterocycles. The van der Waals surface area contributed by atoms with Gasteiger partial charge in [-0.3, -0.25) is 9.59 Å². The summed E-state index contributed by atoms with van der Waals surface area (Å²) in [5, 5.41) is 3.06. The molecule has 1 aliphatic rings. The Bertz CT molecular complexity index is 743. The number of nitrogens with one attached hydrogen (secondary N) is 1. The Balaban J connectivity index is 1.87. The number of carbonyl (C=O) groups excluding carboxylic acids is 2. The molecular formula is C18H18N2O2S. The van der Waals surface area contributed by atoms with Crippen LogP contribution in [0.2, 0.25) is 0 Å². The first-order valence-electron chi connectivity index (χ1n) is 7.50. The third kappa shape index (κ3) is 3.40. The van der Waals surface area contributed by atoms with Crippen molar-refractivity contribution in [2.75, 3.05) is 16.8 Å². The minimum absolute atomic E-state index is 0.0148. The van der Waals surface area contributed by atoms with Crippen molar-refractivity contribution in [1.29, 1.82) is 0 Å². The van der Waals surface area contributed by atoms with Crippen molar-refractivity contribution in [2.24, 2.45) is 0 Å². The Morgan fingerprint density at radius 3 is 2.52 bits per heavy atom. The monoisotopic (exact) mass is 326 g/mol. The van der Waals surface area contributed by atoms with Gasteiger partial charge in [-0.05, 0) is 36.4 Å². The fraction of sp³-hybridized carbons (Fsp3) is 0.222. The molecule has 1 aliphatic heterocycles. The normalized spacial score (nSPS) is 16.6. The van der Waals surface area contributed by atoms with E-state index in [1.165, 1.54) is 6.92 Å². The number of amides is 2. The van der Waals surface area contributed by atoms with Gasteiger partial charge in [0.25, 0.3) is 5.91 Å². The Morgan fingerprint density at radius 2 is 1.83 bits per heavy atom. The smallest absolute Gasteiger partial charge is 0.258 e. The lowest BCUT2D eigenvalue weighted by molar-refractivity contribution is -0.114. The number of benzene rings is 2. The third-order valence-corrected chi connectivity index (χ3v) is 4.77. The molecule has 118 valence electrons. The van der Waals surface area contributed by atoms with Crippen molar-refractivity contribution >= 4 is 35.0 Å². The minimum Gasteiger partial charge on any atom is -0.326 e. The fourth-order valence-corrected chi connectivity index (χ4v) is 3.75. The Kier molecular flexibility index (Phi) is 4.39. The number of hydrogen-bond acceptors (Lipinski definition) is 3. The topological polar surface area (TPSA) is 49.4 Å². The van der Waals surface area contributed by atoms with Crippen molar-refractivity contribution in [2.45, 2.75) is 24.0 Å². The van der Waals surface area contributed by atoms with E-state index in [-0.39, 0.29) is 11.8 Å². The van der Waals surface area contributed by atoms with Crippen LogP contribution in [0.5, 0.6) is 0 Å². The predicted molar refractivity (Wildman–Crippen MR) is 94.2 cm³/mol. The second kappa shape index (κ2) is 6.46. The molecule has 23 heavy (non-hydrogen) atoms. The highest BCUT2D eigenvalue weighted by molar-refractivity contribution is 8.00. The zero-order chi connectivity index (χ0) is 16.4. The second-order valence-corrected chi connectivity index (χ2v) is 7.05. The van der Waals surface area contributed by atoms with E-state index in [1.54, 1.807) is 36.0 Å². The molecule has 2 aromatic rings. The molecule has 0 aliphatic carbocycles. The van der Waals surface area contributed by atoms with E-state index in [9.17, 15) is 9.59 Å². The van der Waals surface area contributed by atoms with Gasteiger partial charge in [0.15, 0.2) is 0 Å². The maximum atomic E-state index is 12.9. The zero-order valence-corrected chi connectivity index (χ0v) is 13.9. The first-order valence-corrected chi connectivity index (χ1v) is 8.38. The number of nitrogens with zero attached hydrogens (tertiary/aromatic N) is 1. The lowest BCUT2D eigenvalue weighted by atomic mass is 10.1. The fourth-order valence-electron chi connectivity index (χ4n) is 2.64. The van der Waals surface area contributed by atoms with Gasteiger partial charge in [0.2, 0.25) is 5.91 Å². The molecule has 1 N–H and O–H groups in total. The van der Waals surface area contributed by atoms with E-state index < -0.39 is 0 Å². The molecule has 0 bridgehead atoms. The molecule has 2 amide bonds. The van der Waals surface area contributed by atoms with Gasteiger partial charge in [-0.15, -0.1) is 11.8 Å². The minimum atomic E-state index is -0.125. The summed E-state index contributed by atoms with van der Waals surface area (Å²) in [6.07, 6.45) is 0. The lowest BCUT2D eigenvalue weighted by Crippen LogP contribution is -2.38. The van der Waals surface area contributed by atoms with E-state index in [4.69, 9.17) is 0 Å². The Morgan fingerprint density at radius 1 is 1.13 bits per heavy atom. The SMILES string of the molecule is CC(=O)Nc1ccc(C(=O)N2CC(C)Sc3ccccc32)cc1. The van der Waals surface area contributed by atoms with Crippen LogP contribution < -0.4 is 10.2 Å². The van der Waals surface area contributed by atoms with E-state index in [0.29, 0.717) is 23.0 Å².